The lowest BCUT2D eigenvalue weighted by molar-refractivity contribution is -0.112. The molecule has 0 saturated heterocycles. The molecular formula is C16H11BrN2O2. The summed E-state index contributed by atoms with van der Waals surface area (Å²) >= 11 is 3.31. The van der Waals surface area contributed by atoms with Crippen molar-refractivity contribution in [2.75, 3.05) is 5.32 Å². The fourth-order valence-electron chi connectivity index (χ4n) is 1.66. The molecule has 21 heavy (non-hydrogen) atoms. The van der Waals surface area contributed by atoms with Crippen LogP contribution in [0.5, 0.6) is 5.75 Å². The Bertz CT molecular complexity index is 731. The van der Waals surface area contributed by atoms with Gasteiger partial charge in [0, 0.05) is 10.2 Å². The summed E-state index contributed by atoms with van der Waals surface area (Å²) in [5.41, 5.74) is 1.14. The summed E-state index contributed by atoms with van der Waals surface area (Å²) in [4.78, 5) is 12.0. The van der Waals surface area contributed by atoms with Gasteiger partial charge in [-0.25, -0.2) is 0 Å². The van der Waals surface area contributed by atoms with Crippen LogP contribution >= 0.6 is 15.9 Å². The highest BCUT2D eigenvalue weighted by Gasteiger charge is 2.09. The summed E-state index contributed by atoms with van der Waals surface area (Å²) in [5.74, 6) is -0.419. The number of carbonyl (C=O) groups is 1. The highest BCUT2D eigenvalue weighted by Crippen LogP contribution is 2.17. The summed E-state index contributed by atoms with van der Waals surface area (Å²) in [5, 5.41) is 21.1. The lowest BCUT2D eigenvalue weighted by Crippen LogP contribution is -2.13. The fraction of sp³-hybridized carbons (Fsp3) is 0. The Hall–Kier alpha value is -2.58. The minimum atomic E-state index is -0.497. The van der Waals surface area contributed by atoms with E-state index >= 15 is 0 Å². The van der Waals surface area contributed by atoms with Crippen LogP contribution in [0.25, 0.3) is 6.08 Å². The van der Waals surface area contributed by atoms with Crippen molar-refractivity contribution >= 4 is 33.6 Å². The summed E-state index contributed by atoms with van der Waals surface area (Å²) < 4.78 is 0.899. The average molecular weight is 343 g/mol. The first-order valence-electron chi connectivity index (χ1n) is 6.06. The molecule has 104 valence electrons. The van der Waals surface area contributed by atoms with E-state index in [-0.39, 0.29) is 11.3 Å². The van der Waals surface area contributed by atoms with Crippen molar-refractivity contribution in [1.29, 1.82) is 5.26 Å². The van der Waals surface area contributed by atoms with Crippen molar-refractivity contribution in [2.45, 2.75) is 0 Å². The van der Waals surface area contributed by atoms with Crippen LogP contribution in [0.1, 0.15) is 5.56 Å². The van der Waals surface area contributed by atoms with Gasteiger partial charge in [-0.2, -0.15) is 5.26 Å². The van der Waals surface area contributed by atoms with Crippen LogP contribution in [0.4, 0.5) is 5.69 Å². The SMILES string of the molecule is N#C/C(=C/c1cccc(O)c1)C(=O)Nc1ccc(Br)cc1. The molecule has 0 atom stereocenters. The number of phenolic OH excluding ortho intramolecular Hbond substituents is 1. The van der Waals surface area contributed by atoms with E-state index in [0.717, 1.165) is 4.47 Å². The zero-order valence-corrected chi connectivity index (χ0v) is 12.5. The molecule has 4 nitrogen and oxygen atoms in total. The highest BCUT2D eigenvalue weighted by molar-refractivity contribution is 9.10. The minimum absolute atomic E-state index is 0.0384. The number of rotatable bonds is 3. The number of phenols is 1. The maximum absolute atomic E-state index is 12.0. The third kappa shape index (κ3) is 4.20. The van der Waals surface area contributed by atoms with Crippen LogP contribution in [0.2, 0.25) is 0 Å². The Labute approximate surface area is 130 Å². The number of aromatic hydroxyl groups is 1. The predicted molar refractivity (Wildman–Crippen MR) is 84.5 cm³/mol. The van der Waals surface area contributed by atoms with Gasteiger partial charge in [-0.1, -0.05) is 28.1 Å². The molecule has 2 rings (SSSR count). The second-order valence-corrected chi connectivity index (χ2v) is 5.14. The van der Waals surface area contributed by atoms with E-state index in [4.69, 9.17) is 5.26 Å². The van der Waals surface area contributed by atoms with Crippen molar-refractivity contribution in [3.63, 3.8) is 0 Å². The van der Waals surface area contributed by atoms with E-state index < -0.39 is 5.91 Å². The van der Waals surface area contributed by atoms with Gasteiger partial charge >= 0.3 is 0 Å². The molecular weight excluding hydrogens is 332 g/mol. The smallest absolute Gasteiger partial charge is 0.266 e. The molecule has 0 bridgehead atoms. The van der Waals surface area contributed by atoms with Crippen LogP contribution < -0.4 is 5.32 Å². The van der Waals surface area contributed by atoms with Gasteiger partial charge in [0.15, 0.2) is 0 Å². The minimum Gasteiger partial charge on any atom is -0.508 e. The number of halogens is 1. The Morgan fingerprint density at radius 2 is 1.95 bits per heavy atom. The molecule has 0 aliphatic rings. The molecule has 0 aliphatic heterocycles. The number of anilines is 1. The maximum atomic E-state index is 12.0. The molecule has 1 amide bonds. The zero-order valence-electron chi connectivity index (χ0n) is 10.9. The number of amides is 1. The largest absolute Gasteiger partial charge is 0.508 e. The van der Waals surface area contributed by atoms with E-state index in [1.54, 1.807) is 36.4 Å². The molecule has 0 fully saturated rings. The number of nitrogens with one attached hydrogen (secondary N) is 1. The normalized spacial score (nSPS) is 10.8. The van der Waals surface area contributed by atoms with Crippen LogP contribution in [-0.2, 0) is 4.79 Å². The molecule has 2 N–H and O–H groups in total. The van der Waals surface area contributed by atoms with Crippen LogP contribution in [0.3, 0.4) is 0 Å². The summed E-state index contributed by atoms with van der Waals surface area (Å²) in [7, 11) is 0. The molecule has 0 aliphatic carbocycles. The van der Waals surface area contributed by atoms with Crippen molar-refractivity contribution < 1.29 is 9.90 Å². The highest BCUT2D eigenvalue weighted by atomic mass is 79.9. The van der Waals surface area contributed by atoms with E-state index in [1.165, 1.54) is 18.2 Å². The summed E-state index contributed by atoms with van der Waals surface area (Å²) in [6.07, 6.45) is 1.42. The first-order chi connectivity index (χ1) is 10.1. The maximum Gasteiger partial charge on any atom is 0.266 e. The monoisotopic (exact) mass is 342 g/mol. The molecule has 0 spiro atoms. The standard InChI is InChI=1S/C16H11BrN2O2/c17-13-4-6-14(7-5-13)19-16(21)12(10-18)8-11-2-1-3-15(20)9-11/h1-9,20H,(H,19,21)/b12-8-. The third-order valence-corrected chi connectivity index (χ3v) is 3.18. The van der Waals surface area contributed by atoms with Gasteiger partial charge in [-0.3, -0.25) is 4.79 Å². The number of hydrogen-bond acceptors (Lipinski definition) is 3. The first kappa shape index (κ1) is 14.8. The zero-order chi connectivity index (χ0) is 15.2. The number of nitrogens with zero attached hydrogens (tertiary/aromatic N) is 1. The second-order valence-electron chi connectivity index (χ2n) is 4.23. The molecule has 0 heterocycles. The molecule has 0 unspecified atom stereocenters. The van der Waals surface area contributed by atoms with E-state index in [2.05, 4.69) is 21.2 Å². The number of hydrogen-bond donors (Lipinski definition) is 2. The molecule has 2 aromatic carbocycles. The Kier molecular flexibility index (Phi) is 4.75. The van der Waals surface area contributed by atoms with E-state index in [9.17, 15) is 9.90 Å². The lowest BCUT2D eigenvalue weighted by atomic mass is 10.1. The van der Waals surface area contributed by atoms with E-state index in [0.29, 0.717) is 11.3 Å². The Balaban J connectivity index is 2.19. The second kappa shape index (κ2) is 6.73. The Morgan fingerprint density at radius 1 is 1.24 bits per heavy atom. The van der Waals surface area contributed by atoms with Gasteiger partial charge in [0.1, 0.15) is 17.4 Å². The van der Waals surface area contributed by atoms with Crippen LogP contribution in [-0.4, -0.2) is 11.0 Å². The van der Waals surface area contributed by atoms with Crippen molar-refractivity contribution in [3.05, 3.63) is 64.1 Å². The van der Waals surface area contributed by atoms with Gasteiger partial charge < -0.3 is 10.4 Å². The van der Waals surface area contributed by atoms with Crippen molar-refractivity contribution in [3.8, 4) is 11.8 Å². The van der Waals surface area contributed by atoms with Gasteiger partial charge in [-0.05, 0) is 48.0 Å². The summed E-state index contributed by atoms with van der Waals surface area (Å²) in [6, 6.07) is 15.2. The van der Waals surface area contributed by atoms with Crippen LogP contribution in [0.15, 0.2) is 58.6 Å². The Morgan fingerprint density at radius 3 is 2.57 bits per heavy atom. The number of nitriles is 1. The lowest BCUT2D eigenvalue weighted by Gasteiger charge is -2.04. The first-order valence-corrected chi connectivity index (χ1v) is 6.85. The predicted octanol–water partition coefficient (Wildman–Crippen LogP) is 3.70. The van der Waals surface area contributed by atoms with Gasteiger partial charge in [0.05, 0.1) is 0 Å². The van der Waals surface area contributed by atoms with Crippen LogP contribution in [0, 0.1) is 11.3 Å². The average Bonchev–Trinajstić information content (AvgIpc) is 2.47. The van der Waals surface area contributed by atoms with Crippen molar-refractivity contribution in [2.24, 2.45) is 0 Å². The topological polar surface area (TPSA) is 73.1 Å². The summed E-state index contributed by atoms with van der Waals surface area (Å²) in [6.45, 7) is 0. The number of carbonyl (C=O) groups excluding carboxylic acids is 1. The van der Waals surface area contributed by atoms with Gasteiger partial charge in [0.25, 0.3) is 5.91 Å². The fourth-order valence-corrected chi connectivity index (χ4v) is 1.93. The number of benzene rings is 2. The van der Waals surface area contributed by atoms with Crippen molar-refractivity contribution in [1.82, 2.24) is 0 Å². The van der Waals surface area contributed by atoms with Gasteiger partial charge in [-0.15, -0.1) is 0 Å². The third-order valence-electron chi connectivity index (χ3n) is 2.65. The molecule has 0 aromatic heterocycles. The van der Waals surface area contributed by atoms with Gasteiger partial charge in [0.2, 0.25) is 0 Å². The quantitative estimate of drug-likeness (QED) is 0.659. The van der Waals surface area contributed by atoms with E-state index in [1.807, 2.05) is 6.07 Å². The molecule has 2 aromatic rings. The molecule has 0 saturated carbocycles. The molecule has 5 heteroatoms. The molecule has 0 radical (unpaired) electrons.